The molecule has 0 aliphatic rings. The highest BCUT2D eigenvalue weighted by Crippen LogP contribution is 2.52. The zero-order chi connectivity index (χ0) is 20.3. The first-order chi connectivity index (χ1) is 11.7. The zero-order valence-corrected chi connectivity index (χ0v) is 12.5. The summed E-state index contributed by atoms with van der Waals surface area (Å²) in [7, 11) is 0. The summed E-state index contributed by atoms with van der Waals surface area (Å²) in [6.07, 6.45) is -12.2. The highest BCUT2D eigenvalue weighted by molar-refractivity contribution is 5.44. The van der Waals surface area contributed by atoms with Gasteiger partial charge in [0.1, 0.15) is 23.0 Å². The summed E-state index contributed by atoms with van der Waals surface area (Å²) in [6.45, 7) is 0. The number of hydrogen-bond donors (Lipinski definition) is 5. The maximum atomic E-state index is 12.4. The maximum absolute atomic E-state index is 12.4. The molecule has 2 aromatic carbocycles. The second-order valence-corrected chi connectivity index (χ2v) is 4.92. The van der Waals surface area contributed by atoms with Gasteiger partial charge in [-0.2, -0.15) is 26.3 Å². The van der Waals surface area contributed by atoms with Crippen molar-refractivity contribution in [3.05, 3.63) is 48.0 Å². The Labute approximate surface area is 142 Å². The predicted molar refractivity (Wildman–Crippen MR) is 75.5 cm³/mol. The monoisotopic (exact) mass is 386 g/mol. The first-order valence-corrected chi connectivity index (χ1v) is 6.56. The highest BCUT2D eigenvalue weighted by atomic mass is 19.4. The number of halogens is 6. The van der Waals surface area contributed by atoms with Crippen LogP contribution < -0.4 is 0 Å². The molecule has 26 heavy (non-hydrogen) atoms. The van der Waals surface area contributed by atoms with Crippen LogP contribution in [0.15, 0.2) is 42.5 Å². The van der Waals surface area contributed by atoms with Gasteiger partial charge >= 0.3 is 12.4 Å². The molecule has 0 bridgehead atoms. The summed E-state index contributed by atoms with van der Waals surface area (Å²) in [4.78, 5) is 0. The van der Waals surface area contributed by atoms with Gasteiger partial charge in [0.25, 0.3) is 5.60 Å². The Bertz CT molecular complexity index is 705. The van der Waals surface area contributed by atoms with Gasteiger partial charge in [-0.05, 0) is 42.5 Å². The van der Waals surface area contributed by atoms with Crippen LogP contribution in [-0.2, 0) is 5.60 Å². The summed E-state index contributed by atoms with van der Waals surface area (Å²) < 4.78 is 74.6. The highest BCUT2D eigenvalue weighted by Gasteiger charge is 2.72. The van der Waals surface area contributed by atoms with Gasteiger partial charge < -0.3 is 25.5 Å². The Hall–Kier alpha value is -2.82. The molecule has 0 saturated carbocycles. The van der Waals surface area contributed by atoms with Crippen LogP contribution in [0.1, 0.15) is 5.56 Å². The Balaban J connectivity index is 0.000000350. The first-order valence-electron chi connectivity index (χ1n) is 6.56. The minimum atomic E-state index is -6.11. The van der Waals surface area contributed by atoms with E-state index < -0.39 is 35.0 Å². The molecule has 0 aliphatic heterocycles. The molecule has 5 N–H and O–H groups in total. The van der Waals surface area contributed by atoms with Crippen molar-refractivity contribution in [2.75, 3.05) is 0 Å². The molecule has 0 saturated heterocycles. The van der Waals surface area contributed by atoms with Gasteiger partial charge in [0.15, 0.2) is 0 Å². The summed E-state index contributed by atoms with van der Waals surface area (Å²) in [6, 6.07) is 6.78. The number of aromatic hydroxyl groups is 4. The van der Waals surface area contributed by atoms with Crippen LogP contribution >= 0.6 is 0 Å². The molecule has 0 heterocycles. The minimum absolute atomic E-state index is 0.00366. The van der Waals surface area contributed by atoms with Crippen molar-refractivity contribution in [3.8, 4) is 23.0 Å². The van der Waals surface area contributed by atoms with Crippen LogP contribution in [0.25, 0.3) is 0 Å². The smallest absolute Gasteiger partial charge is 0.430 e. The van der Waals surface area contributed by atoms with Gasteiger partial charge in [0.05, 0.1) is 0 Å². The number of benzene rings is 2. The number of rotatable bonds is 1. The molecule has 0 radical (unpaired) electrons. The molecule has 0 amide bonds. The average molecular weight is 386 g/mol. The lowest BCUT2D eigenvalue weighted by Crippen LogP contribution is -2.53. The molecule has 2 rings (SSSR count). The Morgan fingerprint density at radius 3 is 1.27 bits per heavy atom. The Kier molecular flexibility index (Phi) is 5.88. The van der Waals surface area contributed by atoms with E-state index in [4.69, 9.17) is 25.5 Å². The van der Waals surface area contributed by atoms with Gasteiger partial charge in [-0.1, -0.05) is 0 Å². The quantitative estimate of drug-likeness (QED) is 0.382. The van der Waals surface area contributed by atoms with Crippen molar-refractivity contribution < 1.29 is 51.9 Å². The van der Waals surface area contributed by atoms with Gasteiger partial charge in [0, 0.05) is 5.56 Å². The minimum Gasteiger partial charge on any atom is -0.508 e. The van der Waals surface area contributed by atoms with Crippen molar-refractivity contribution >= 4 is 0 Å². The van der Waals surface area contributed by atoms with E-state index >= 15 is 0 Å². The fourth-order valence-corrected chi connectivity index (χ4v) is 1.73. The lowest BCUT2D eigenvalue weighted by molar-refractivity contribution is -0.376. The lowest BCUT2D eigenvalue weighted by Gasteiger charge is -2.32. The molecule has 0 atom stereocenters. The molecule has 144 valence electrons. The molecule has 0 aromatic heterocycles. The Morgan fingerprint density at radius 2 is 0.923 bits per heavy atom. The number of hydrogen-bond acceptors (Lipinski definition) is 5. The molecule has 0 aliphatic carbocycles. The summed E-state index contributed by atoms with van der Waals surface area (Å²) in [5, 5.41) is 44.1. The van der Waals surface area contributed by atoms with Crippen molar-refractivity contribution in [1.29, 1.82) is 0 Å². The normalized spacial score (nSPS) is 12.3. The van der Waals surface area contributed by atoms with Crippen LogP contribution in [0.4, 0.5) is 26.3 Å². The van der Waals surface area contributed by atoms with Crippen LogP contribution in [0, 0.1) is 0 Å². The van der Waals surface area contributed by atoms with E-state index in [-0.39, 0.29) is 17.6 Å². The summed E-state index contributed by atoms with van der Waals surface area (Å²) >= 11 is 0. The van der Waals surface area contributed by atoms with Crippen molar-refractivity contribution in [3.63, 3.8) is 0 Å². The van der Waals surface area contributed by atoms with Gasteiger partial charge in [0.2, 0.25) is 0 Å². The van der Waals surface area contributed by atoms with E-state index in [0.29, 0.717) is 12.1 Å². The fraction of sp³-hybridized carbons (Fsp3) is 0.200. The zero-order valence-electron chi connectivity index (χ0n) is 12.5. The van der Waals surface area contributed by atoms with Crippen LogP contribution in [0.3, 0.4) is 0 Å². The van der Waals surface area contributed by atoms with Gasteiger partial charge in [-0.15, -0.1) is 0 Å². The third kappa shape index (κ3) is 4.42. The third-order valence-electron chi connectivity index (χ3n) is 3.04. The number of aliphatic hydroxyl groups is 1. The van der Waals surface area contributed by atoms with Crippen LogP contribution in [0.2, 0.25) is 0 Å². The van der Waals surface area contributed by atoms with E-state index in [9.17, 15) is 26.3 Å². The van der Waals surface area contributed by atoms with Crippen molar-refractivity contribution in [1.82, 2.24) is 0 Å². The molecular weight excluding hydrogens is 374 g/mol. The first kappa shape index (κ1) is 21.2. The van der Waals surface area contributed by atoms with Crippen molar-refractivity contribution in [2.24, 2.45) is 0 Å². The van der Waals surface area contributed by atoms with Crippen LogP contribution in [0.5, 0.6) is 23.0 Å². The second kappa shape index (κ2) is 7.20. The molecule has 2 aromatic rings. The molecule has 0 unspecified atom stereocenters. The predicted octanol–water partition coefficient (Wildman–Crippen LogP) is 3.51. The molecule has 0 spiro atoms. The summed E-state index contributed by atoms with van der Waals surface area (Å²) in [5.74, 6) is -2.06. The van der Waals surface area contributed by atoms with Gasteiger partial charge in [-0.25, -0.2) is 0 Å². The SMILES string of the molecule is Oc1ccc(O)c(C(O)(C(F)(F)F)C(F)(F)F)c1.Oc1ccc(O)cc1. The van der Waals surface area contributed by atoms with E-state index in [1.165, 1.54) is 24.3 Å². The number of alkyl halides is 6. The van der Waals surface area contributed by atoms with Crippen LogP contribution in [-0.4, -0.2) is 37.9 Å². The van der Waals surface area contributed by atoms with Crippen molar-refractivity contribution in [2.45, 2.75) is 18.0 Å². The second-order valence-electron chi connectivity index (χ2n) is 4.92. The average Bonchev–Trinajstić information content (AvgIpc) is 2.50. The number of phenolic OH excluding ortho intramolecular Hbond substituents is 4. The lowest BCUT2D eigenvalue weighted by atomic mass is 9.91. The topological polar surface area (TPSA) is 101 Å². The molecule has 0 fully saturated rings. The third-order valence-corrected chi connectivity index (χ3v) is 3.04. The standard InChI is InChI=1S/C9H6F6O3.C6H6O2/c10-8(11,12)7(18,9(13,14)15)5-3-4(16)1-2-6(5)17;7-5-1-2-6(8)4-3-5/h1-3,16-18H;1-4,7-8H. The molecular formula is C15H12F6O5. The van der Waals surface area contributed by atoms with E-state index in [1.54, 1.807) is 0 Å². The molecule has 5 nitrogen and oxygen atoms in total. The van der Waals surface area contributed by atoms with Gasteiger partial charge in [-0.3, -0.25) is 0 Å². The largest absolute Gasteiger partial charge is 0.508 e. The van der Waals surface area contributed by atoms with E-state index in [1.807, 2.05) is 0 Å². The number of phenols is 4. The Morgan fingerprint density at radius 1 is 0.577 bits per heavy atom. The summed E-state index contributed by atoms with van der Waals surface area (Å²) in [5.41, 5.74) is -7.15. The fourth-order valence-electron chi connectivity index (χ4n) is 1.73. The molecule has 11 heteroatoms. The van der Waals surface area contributed by atoms with E-state index in [0.717, 1.165) is 0 Å². The van der Waals surface area contributed by atoms with E-state index in [2.05, 4.69) is 0 Å². The maximum Gasteiger partial charge on any atom is 0.430 e.